The SMILES string of the molecule is Fc1ccc(-c2csc(N/N=C/c3ccc(N4CCCC4)cc3)n2)c(F)c1. The summed E-state index contributed by atoms with van der Waals surface area (Å²) < 4.78 is 26.9. The Morgan fingerprint density at radius 3 is 2.59 bits per heavy atom. The number of thiazole rings is 1. The van der Waals surface area contributed by atoms with E-state index < -0.39 is 11.6 Å². The number of nitrogens with zero attached hydrogens (tertiary/aromatic N) is 3. The van der Waals surface area contributed by atoms with Crippen LogP contribution in [0.3, 0.4) is 0 Å². The van der Waals surface area contributed by atoms with E-state index in [1.807, 2.05) is 12.1 Å². The molecule has 0 radical (unpaired) electrons. The first-order valence-corrected chi connectivity index (χ1v) is 9.62. The quantitative estimate of drug-likeness (QED) is 0.489. The molecule has 1 aromatic heterocycles. The van der Waals surface area contributed by atoms with Gasteiger partial charge < -0.3 is 4.90 Å². The molecule has 1 saturated heterocycles. The minimum absolute atomic E-state index is 0.266. The lowest BCUT2D eigenvalue weighted by atomic mass is 10.1. The number of hydrogen-bond acceptors (Lipinski definition) is 5. The summed E-state index contributed by atoms with van der Waals surface area (Å²) in [7, 11) is 0. The van der Waals surface area contributed by atoms with Crippen LogP contribution in [0.5, 0.6) is 0 Å². The van der Waals surface area contributed by atoms with Crippen molar-refractivity contribution in [2.24, 2.45) is 5.10 Å². The average Bonchev–Trinajstić information content (AvgIpc) is 3.34. The first-order valence-electron chi connectivity index (χ1n) is 8.74. The number of hydrazone groups is 1. The lowest BCUT2D eigenvalue weighted by molar-refractivity contribution is 0.585. The van der Waals surface area contributed by atoms with Gasteiger partial charge in [0, 0.05) is 35.8 Å². The molecule has 2 aromatic carbocycles. The largest absolute Gasteiger partial charge is 0.372 e. The third-order valence-electron chi connectivity index (χ3n) is 4.45. The van der Waals surface area contributed by atoms with Crippen molar-refractivity contribution in [1.82, 2.24) is 4.98 Å². The predicted molar refractivity (Wildman–Crippen MR) is 107 cm³/mol. The smallest absolute Gasteiger partial charge is 0.203 e. The molecule has 0 aliphatic carbocycles. The van der Waals surface area contributed by atoms with Crippen LogP contribution in [0.25, 0.3) is 11.3 Å². The standard InChI is InChI=1S/C20H18F2N4S/c21-15-5-8-17(18(22)11-15)19-13-27-20(24-19)25-23-12-14-3-6-16(7-4-14)26-9-1-2-10-26/h3-8,11-13H,1-2,9-10H2,(H,24,25)/b23-12+. The number of benzene rings is 2. The zero-order valence-corrected chi connectivity index (χ0v) is 15.3. The topological polar surface area (TPSA) is 40.5 Å². The molecule has 138 valence electrons. The predicted octanol–water partition coefficient (Wildman–Crippen LogP) is 5.13. The number of rotatable bonds is 5. The summed E-state index contributed by atoms with van der Waals surface area (Å²) in [6, 6.07) is 11.7. The Bertz CT molecular complexity index is 947. The maximum absolute atomic E-state index is 13.8. The number of aromatic nitrogens is 1. The van der Waals surface area contributed by atoms with Gasteiger partial charge in [0.05, 0.1) is 11.9 Å². The van der Waals surface area contributed by atoms with Crippen LogP contribution in [0, 0.1) is 11.6 Å². The van der Waals surface area contributed by atoms with Crippen molar-refractivity contribution in [3.05, 3.63) is 65.0 Å². The highest BCUT2D eigenvalue weighted by Gasteiger charge is 2.12. The summed E-state index contributed by atoms with van der Waals surface area (Å²) in [5.41, 5.74) is 5.79. The highest BCUT2D eigenvalue weighted by Crippen LogP contribution is 2.27. The molecule has 0 bridgehead atoms. The molecule has 0 saturated carbocycles. The molecule has 4 rings (SSSR count). The Labute approximate surface area is 160 Å². The third-order valence-corrected chi connectivity index (χ3v) is 5.20. The van der Waals surface area contributed by atoms with E-state index in [4.69, 9.17) is 0 Å². The van der Waals surface area contributed by atoms with E-state index in [2.05, 4.69) is 32.5 Å². The van der Waals surface area contributed by atoms with Crippen LogP contribution in [-0.4, -0.2) is 24.3 Å². The molecule has 0 unspecified atom stereocenters. The molecule has 4 nitrogen and oxygen atoms in total. The second-order valence-electron chi connectivity index (χ2n) is 6.32. The van der Waals surface area contributed by atoms with E-state index in [1.54, 1.807) is 11.6 Å². The number of anilines is 2. The van der Waals surface area contributed by atoms with Crippen LogP contribution in [-0.2, 0) is 0 Å². The van der Waals surface area contributed by atoms with Gasteiger partial charge in [0.2, 0.25) is 5.13 Å². The van der Waals surface area contributed by atoms with Gasteiger partial charge in [0.15, 0.2) is 0 Å². The van der Waals surface area contributed by atoms with Gasteiger partial charge in [-0.2, -0.15) is 5.10 Å². The van der Waals surface area contributed by atoms with Gasteiger partial charge >= 0.3 is 0 Å². The van der Waals surface area contributed by atoms with E-state index in [9.17, 15) is 8.78 Å². The van der Waals surface area contributed by atoms with Gasteiger partial charge in [0.1, 0.15) is 11.6 Å². The lowest BCUT2D eigenvalue weighted by Crippen LogP contribution is -2.17. The summed E-state index contributed by atoms with van der Waals surface area (Å²) in [6.07, 6.45) is 4.23. The van der Waals surface area contributed by atoms with Gasteiger partial charge in [-0.1, -0.05) is 12.1 Å². The Balaban J connectivity index is 1.39. The van der Waals surface area contributed by atoms with Crippen LogP contribution >= 0.6 is 11.3 Å². The first-order chi connectivity index (χ1) is 13.2. The fourth-order valence-corrected chi connectivity index (χ4v) is 3.71. The minimum Gasteiger partial charge on any atom is -0.372 e. The van der Waals surface area contributed by atoms with Crippen molar-refractivity contribution in [2.45, 2.75) is 12.8 Å². The second-order valence-corrected chi connectivity index (χ2v) is 7.18. The molecule has 1 N–H and O–H groups in total. The maximum Gasteiger partial charge on any atom is 0.203 e. The summed E-state index contributed by atoms with van der Waals surface area (Å²) in [5.74, 6) is -1.24. The molecule has 1 aliphatic rings. The second kappa shape index (κ2) is 7.84. The summed E-state index contributed by atoms with van der Waals surface area (Å²) in [6.45, 7) is 2.24. The molecule has 2 heterocycles. The normalized spacial score (nSPS) is 14.2. The molecule has 0 amide bonds. The monoisotopic (exact) mass is 384 g/mol. The summed E-state index contributed by atoms with van der Waals surface area (Å²) >= 11 is 1.31. The summed E-state index contributed by atoms with van der Waals surface area (Å²) in [5, 5.41) is 6.44. The Kier molecular flexibility index (Phi) is 5.11. The van der Waals surface area contributed by atoms with Crippen LogP contribution in [0.1, 0.15) is 18.4 Å². The van der Waals surface area contributed by atoms with Crippen molar-refractivity contribution in [3.63, 3.8) is 0 Å². The first kappa shape index (κ1) is 17.6. The van der Waals surface area contributed by atoms with Gasteiger partial charge in [0.25, 0.3) is 0 Å². The van der Waals surface area contributed by atoms with Crippen molar-refractivity contribution < 1.29 is 8.78 Å². The fourth-order valence-electron chi connectivity index (χ4n) is 3.05. The van der Waals surface area contributed by atoms with Crippen molar-refractivity contribution in [3.8, 4) is 11.3 Å². The minimum atomic E-state index is -0.631. The number of hydrogen-bond donors (Lipinski definition) is 1. The molecule has 3 aromatic rings. The highest BCUT2D eigenvalue weighted by atomic mass is 32.1. The third kappa shape index (κ3) is 4.14. The molecule has 27 heavy (non-hydrogen) atoms. The Morgan fingerprint density at radius 2 is 1.85 bits per heavy atom. The molecule has 7 heteroatoms. The Morgan fingerprint density at radius 1 is 1.07 bits per heavy atom. The van der Waals surface area contributed by atoms with E-state index in [1.165, 1.54) is 42.0 Å². The van der Waals surface area contributed by atoms with Gasteiger partial charge in [-0.15, -0.1) is 11.3 Å². The van der Waals surface area contributed by atoms with Crippen molar-refractivity contribution in [2.75, 3.05) is 23.4 Å². The van der Waals surface area contributed by atoms with Gasteiger partial charge in [-0.05, 0) is 42.7 Å². The van der Waals surface area contributed by atoms with E-state index in [0.717, 1.165) is 24.7 Å². The highest BCUT2D eigenvalue weighted by molar-refractivity contribution is 7.14. The zero-order valence-electron chi connectivity index (χ0n) is 14.5. The molecule has 1 aliphatic heterocycles. The maximum atomic E-state index is 13.8. The molecule has 0 spiro atoms. The van der Waals surface area contributed by atoms with Crippen LogP contribution in [0.2, 0.25) is 0 Å². The van der Waals surface area contributed by atoms with Gasteiger partial charge in [-0.25, -0.2) is 13.8 Å². The molecule has 0 atom stereocenters. The summed E-state index contributed by atoms with van der Waals surface area (Å²) in [4.78, 5) is 6.67. The number of nitrogens with one attached hydrogen (secondary N) is 1. The lowest BCUT2D eigenvalue weighted by Gasteiger charge is -2.17. The fraction of sp³-hybridized carbons (Fsp3) is 0.200. The van der Waals surface area contributed by atoms with Crippen LogP contribution < -0.4 is 10.3 Å². The molecular formula is C20H18F2N4S. The van der Waals surface area contributed by atoms with E-state index >= 15 is 0 Å². The van der Waals surface area contributed by atoms with Crippen molar-refractivity contribution >= 4 is 28.4 Å². The van der Waals surface area contributed by atoms with E-state index in [-0.39, 0.29) is 5.56 Å². The Hall–Kier alpha value is -2.80. The molecular weight excluding hydrogens is 366 g/mol. The van der Waals surface area contributed by atoms with Gasteiger partial charge in [-0.3, -0.25) is 5.43 Å². The van der Waals surface area contributed by atoms with Crippen LogP contribution in [0.4, 0.5) is 19.6 Å². The van der Waals surface area contributed by atoms with Crippen LogP contribution in [0.15, 0.2) is 52.9 Å². The average molecular weight is 384 g/mol. The number of halogens is 2. The van der Waals surface area contributed by atoms with E-state index in [0.29, 0.717) is 10.8 Å². The zero-order chi connectivity index (χ0) is 18.6. The molecule has 1 fully saturated rings. The van der Waals surface area contributed by atoms with Crippen molar-refractivity contribution in [1.29, 1.82) is 0 Å².